The number of hydrogen-bond donors (Lipinski definition) is 3. The van der Waals surface area contributed by atoms with Crippen LogP contribution in [0.25, 0.3) is 33.3 Å². The van der Waals surface area contributed by atoms with Crippen molar-refractivity contribution >= 4 is 32.2 Å². The number of nitrogens with one attached hydrogen (secondary N) is 1. The first-order valence-corrected chi connectivity index (χ1v) is 11.8. The molecule has 1 fully saturated rings. The lowest BCUT2D eigenvalue weighted by molar-refractivity contribution is -0.137. The van der Waals surface area contributed by atoms with Crippen molar-refractivity contribution in [3.8, 4) is 11.4 Å². The van der Waals surface area contributed by atoms with Gasteiger partial charge in [0.15, 0.2) is 0 Å². The van der Waals surface area contributed by atoms with Gasteiger partial charge in [0, 0.05) is 34.4 Å². The summed E-state index contributed by atoms with van der Waals surface area (Å²) in [6.07, 6.45) is -1.23. The van der Waals surface area contributed by atoms with Crippen molar-refractivity contribution in [1.29, 1.82) is 0 Å². The zero-order valence-electron chi connectivity index (χ0n) is 17.5. The maximum atomic E-state index is 13.1. The fourth-order valence-corrected chi connectivity index (χ4v) is 4.94. The highest BCUT2D eigenvalue weighted by molar-refractivity contribution is 7.84. The van der Waals surface area contributed by atoms with Gasteiger partial charge in [-0.15, -0.1) is 0 Å². The molecule has 0 bridgehead atoms. The van der Waals surface area contributed by atoms with Gasteiger partial charge in [0.25, 0.3) is 0 Å². The lowest BCUT2D eigenvalue weighted by atomic mass is 10.1. The van der Waals surface area contributed by atoms with E-state index in [2.05, 4.69) is 19.1 Å². The maximum Gasteiger partial charge on any atom is 0.416 e. The van der Waals surface area contributed by atoms with E-state index in [1.165, 1.54) is 12.4 Å². The molecule has 3 aromatic heterocycles. The molecular weight excluding hydrogens is 475 g/mol. The van der Waals surface area contributed by atoms with E-state index in [9.17, 15) is 26.7 Å². The van der Waals surface area contributed by atoms with E-state index in [4.69, 9.17) is 5.14 Å². The molecule has 3 heterocycles. The average molecular weight is 495 g/mol. The Morgan fingerprint density at radius 2 is 2.00 bits per heavy atom. The number of aromatic nitrogens is 4. The summed E-state index contributed by atoms with van der Waals surface area (Å²) in [6, 6.07) is 6.87. The third-order valence-corrected chi connectivity index (χ3v) is 6.65. The zero-order chi connectivity index (χ0) is 24.3. The zero-order valence-corrected chi connectivity index (χ0v) is 18.3. The summed E-state index contributed by atoms with van der Waals surface area (Å²) in [4.78, 5) is 11.7. The van der Waals surface area contributed by atoms with E-state index >= 15 is 0 Å². The molecule has 1 saturated carbocycles. The molecule has 0 unspecified atom stereocenters. The molecule has 0 radical (unpaired) electrons. The normalized spacial score (nSPS) is 21.6. The molecule has 34 heavy (non-hydrogen) atoms. The number of hydrogen-bond acceptors (Lipinski definition) is 6. The van der Waals surface area contributed by atoms with Crippen molar-refractivity contribution in [2.75, 3.05) is 6.61 Å². The van der Waals surface area contributed by atoms with Crippen LogP contribution in [-0.4, -0.2) is 45.8 Å². The first kappa shape index (κ1) is 22.8. The van der Waals surface area contributed by atoms with Crippen LogP contribution in [0.3, 0.4) is 0 Å². The Labute approximate surface area is 191 Å². The highest BCUT2D eigenvalue weighted by atomic mass is 32.2. The van der Waals surface area contributed by atoms with Gasteiger partial charge in [-0.25, -0.2) is 15.1 Å². The van der Waals surface area contributed by atoms with Crippen LogP contribution in [0.15, 0.2) is 42.9 Å². The van der Waals surface area contributed by atoms with Gasteiger partial charge < -0.3 is 14.7 Å². The molecule has 180 valence electrons. The summed E-state index contributed by atoms with van der Waals surface area (Å²) in [5.74, 6) is -0.418. The SMILES string of the molecule is NS(=O)(=O)OC[C@@H]1C[C@@H](n2ccc3c(-c4cc5ccc(C(F)(F)F)cc5[nH]4)ncnc32)C[C@@H]1O. The summed E-state index contributed by atoms with van der Waals surface area (Å²) in [5, 5.41) is 16.6. The number of alkyl halides is 3. The molecule has 5 rings (SSSR count). The molecule has 3 atom stereocenters. The van der Waals surface area contributed by atoms with E-state index in [1.807, 2.05) is 4.57 Å². The molecular formula is C21H20F3N5O4S. The predicted octanol–water partition coefficient (Wildman–Crippen LogP) is 3.13. The van der Waals surface area contributed by atoms with E-state index in [0.717, 1.165) is 12.1 Å². The summed E-state index contributed by atoms with van der Waals surface area (Å²) in [5.41, 5.74) is 1.26. The van der Waals surface area contributed by atoms with E-state index in [1.54, 1.807) is 18.3 Å². The second-order valence-corrected chi connectivity index (χ2v) is 9.62. The Morgan fingerprint density at radius 3 is 2.74 bits per heavy atom. The molecule has 4 aromatic rings. The summed E-state index contributed by atoms with van der Waals surface area (Å²) in [7, 11) is -4.10. The minimum absolute atomic E-state index is 0.165. The Balaban J connectivity index is 1.46. The average Bonchev–Trinajstić information content (AvgIpc) is 3.46. The highest BCUT2D eigenvalue weighted by Gasteiger charge is 2.35. The summed E-state index contributed by atoms with van der Waals surface area (Å²) >= 11 is 0. The van der Waals surface area contributed by atoms with Crippen molar-refractivity contribution in [3.05, 3.63) is 48.4 Å². The fraction of sp³-hybridized carbons (Fsp3) is 0.333. The highest BCUT2D eigenvalue weighted by Crippen LogP contribution is 2.39. The Kier molecular flexibility index (Phi) is 5.39. The van der Waals surface area contributed by atoms with E-state index in [-0.39, 0.29) is 12.6 Å². The standard InChI is InChI=1S/C21H20F3N5O4S/c22-21(23,24)13-2-1-11-6-17(28-16(11)7-13)19-15-3-4-29(20(15)27-10-26-19)14-5-12(18(30)8-14)9-33-34(25,31)32/h1-4,6-7,10,12,14,18,28,30H,5,8-9H2,(H2,25,31,32)/t12-,14+,18-/m0/s1. The molecule has 9 nitrogen and oxygen atoms in total. The largest absolute Gasteiger partial charge is 0.416 e. The molecule has 0 saturated heterocycles. The number of H-pyrrole nitrogens is 1. The molecule has 0 spiro atoms. The van der Waals surface area contributed by atoms with Crippen LogP contribution in [-0.2, 0) is 20.7 Å². The van der Waals surface area contributed by atoms with E-state index < -0.39 is 34.1 Å². The van der Waals surface area contributed by atoms with Crippen molar-refractivity contribution in [3.63, 3.8) is 0 Å². The Morgan fingerprint density at radius 1 is 1.21 bits per heavy atom. The van der Waals surface area contributed by atoms with E-state index in [0.29, 0.717) is 46.2 Å². The minimum Gasteiger partial charge on any atom is -0.393 e. The number of halogens is 3. The van der Waals surface area contributed by atoms with Gasteiger partial charge in [-0.05, 0) is 37.1 Å². The third-order valence-electron chi connectivity index (χ3n) is 6.19. The molecule has 1 aromatic carbocycles. The van der Waals surface area contributed by atoms with Crippen molar-refractivity contribution in [2.45, 2.75) is 31.2 Å². The lowest BCUT2D eigenvalue weighted by Crippen LogP contribution is -2.24. The number of nitrogens with two attached hydrogens (primary N) is 1. The van der Waals surface area contributed by atoms with Crippen molar-refractivity contribution in [1.82, 2.24) is 19.5 Å². The predicted molar refractivity (Wildman–Crippen MR) is 117 cm³/mol. The van der Waals surface area contributed by atoms with Gasteiger partial charge >= 0.3 is 16.5 Å². The quantitative estimate of drug-likeness (QED) is 0.389. The summed E-state index contributed by atoms with van der Waals surface area (Å²) < 4.78 is 67.9. The van der Waals surface area contributed by atoms with Gasteiger partial charge in [0.05, 0.1) is 29.7 Å². The maximum absolute atomic E-state index is 13.1. The Hall–Kier alpha value is -3.00. The number of nitrogens with zero attached hydrogens (tertiary/aromatic N) is 3. The molecule has 13 heteroatoms. The number of rotatable bonds is 5. The second kappa shape index (κ2) is 8.05. The van der Waals surface area contributed by atoms with Gasteiger partial charge in [-0.2, -0.15) is 21.6 Å². The second-order valence-electron chi connectivity index (χ2n) is 8.40. The monoisotopic (exact) mass is 495 g/mol. The summed E-state index contributed by atoms with van der Waals surface area (Å²) in [6.45, 7) is -0.217. The van der Waals surface area contributed by atoms with Crippen LogP contribution >= 0.6 is 0 Å². The lowest BCUT2D eigenvalue weighted by Gasteiger charge is -2.14. The van der Waals surface area contributed by atoms with Gasteiger partial charge in [0.1, 0.15) is 12.0 Å². The van der Waals surface area contributed by atoms with Crippen LogP contribution < -0.4 is 5.14 Å². The minimum atomic E-state index is -4.44. The molecule has 1 aliphatic rings. The first-order chi connectivity index (χ1) is 16.0. The first-order valence-electron chi connectivity index (χ1n) is 10.4. The van der Waals surface area contributed by atoms with Crippen molar-refractivity contribution < 1.29 is 30.9 Å². The molecule has 1 aliphatic carbocycles. The number of benzene rings is 1. The third kappa shape index (κ3) is 4.27. The number of aliphatic hydroxyl groups is 1. The van der Waals surface area contributed by atoms with Crippen LogP contribution in [0.4, 0.5) is 13.2 Å². The number of aromatic amines is 1. The fourth-order valence-electron chi connectivity index (χ4n) is 4.57. The molecule has 0 aliphatic heterocycles. The number of fused-ring (bicyclic) bond motifs is 2. The smallest absolute Gasteiger partial charge is 0.393 e. The van der Waals surface area contributed by atoms with Crippen LogP contribution in [0.2, 0.25) is 0 Å². The topological polar surface area (TPSA) is 136 Å². The van der Waals surface area contributed by atoms with Gasteiger partial charge in [-0.3, -0.25) is 4.18 Å². The Bertz CT molecular complexity index is 1480. The van der Waals surface area contributed by atoms with Gasteiger partial charge in [0.2, 0.25) is 0 Å². The van der Waals surface area contributed by atoms with Crippen LogP contribution in [0.5, 0.6) is 0 Å². The number of aliphatic hydroxyl groups excluding tert-OH is 1. The molecule has 4 N–H and O–H groups in total. The van der Waals surface area contributed by atoms with Crippen LogP contribution in [0, 0.1) is 5.92 Å². The molecule has 0 amide bonds. The van der Waals surface area contributed by atoms with Crippen molar-refractivity contribution in [2.24, 2.45) is 11.1 Å². The van der Waals surface area contributed by atoms with Crippen LogP contribution in [0.1, 0.15) is 24.4 Å². The van der Waals surface area contributed by atoms with Gasteiger partial charge in [-0.1, -0.05) is 6.07 Å².